The topological polar surface area (TPSA) is 116 Å². The Labute approximate surface area is 185 Å². The molecule has 14 heteroatoms. The van der Waals surface area contributed by atoms with Gasteiger partial charge in [-0.05, 0) is 35.3 Å². The van der Waals surface area contributed by atoms with Crippen molar-refractivity contribution in [2.75, 3.05) is 16.7 Å². The zero-order valence-electron chi connectivity index (χ0n) is 14.3. The molecule has 156 valence electrons. The molecule has 0 amide bonds. The molecule has 2 aromatic rings. The van der Waals surface area contributed by atoms with Crippen LogP contribution in [0.3, 0.4) is 0 Å². The van der Waals surface area contributed by atoms with Crippen LogP contribution >= 0.6 is 46.5 Å². The van der Waals surface area contributed by atoms with E-state index in [1.807, 2.05) is 5.38 Å². The Morgan fingerprint density at radius 3 is 2.62 bits per heavy atom. The Balaban J connectivity index is 1.73. The molecular formula is C15H14ClN2O6S5+. The summed E-state index contributed by atoms with van der Waals surface area (Å²) in [6, 6.07) is 6.84. The highest BCUT2D eigenvalue weighted by molar-refractivity contribution is 8.04. The molecule has 0 radical (unpaired) electrons. The molecule has 0 aliphatic carbocycles. The summed E-state index contributed by atoms with van der Waals surface area (Å²) < 4.78 is 65.9. The number of nitrogens with one attached hydrogen (secondary N) is 1. The van der Waals surface area contributed by atoms with Crippen molar-refractivity contribution >= 4 is 78.1 Å². The van der Waals surface area contributed by atoms with E-state index in [9.17, 15) is 25.9 Å². The van der Waals surface area contributed by atoms with Gasteiger partial charge in [0.1, 0.15) is 4.21 Å². The van der Waals surface area contributed by atoms with Crippen molar-refractivity contribution in [1.82, 2.24) is 0 Å². The summed E-state index contributed by atoms with van der Waals surface area (Å²) in [5, 5.41) is 2.38. The largest absolute Gasteiger partial charge is 0.317 e. The van der Waals surface area contributed by atoms with Gasteiger partial charge in [-0.1, -0.05) is 23.4 Å². The number of nitrogens with zero attached hydrogens (tertiary/aromatic N) is 1. The molecule has 2 aliphatic rings. The average molecular weight is 514 g/mol. The van der Waals surface area contributed by atoms with E-state index in [0.29, 0.717) is 20.6 Å². The van der Waals surface area contributed by atoms with Crippen molar-refractivity contribution in [2.45, 2.75) is 14.5 Å². The van der Waals surface area contributed by atoms with Crippen molar-refractivity contribution in [3.8, 4) is 0 Å². The fourth-order valence-electron chi connectivity index (χ4n) is 3.08. The minimum Gasteiger partial charge on any atom is -0.317 e. The minimum absolute atomic E-state index is 0.407. The molecule has 0 spiro atoms. The van der Waals surface area contributed by atoms with Crippen molar-refractivity contribution in [1.29, 1.82) is 0 Å². The Morgan fingerprint density at radius 2 is 1.93 bits per heavy atom. The number of hydrogen-bond donors (Lipinski definition) is 3. The van der Waals surface area contributed by atoms with Crippen LogP contribution in [0.25, 0.3) is 0 Å². The second-order valence-electron chi connectivity index (χ2n) is 6.27. The number of anilines is 1. The van der Waals surface area contributed by atoms with Gasteiger partial charge < -0.3 is 4.90 Å². The zero-order chi connectivity index (χ0) is 21.0. The second-order valence-corrected chi connectivity index (χ2v) is 13.0. The Bertz CT molecular complexity index is 1210. The smallest absolute Gasteiger partial charge is 0.316 e. The monoisotopic (exact) mass is 513 g/mol. The van der Waals surface area contributed by atoms with E-state index < -0.39 is 37.4 Å². The number of benzene rings is 1. The SMILES string of the molecule is O=S(=O)(O)CN1C(=CC2Sc3sccc3[NH+]2CS(=O)(=O)O)Sc2ccc(Cl)cc21. The van der Waals surface area contributed by atoms with Crippen LogP contribution in [-0.4, -0.2) is 43.1 Å². The fraction of sp³-hybridized carbons (Fsp3) is 0.200. The van der Waals surface area contributed by atoms with Gasteiger partial charge in [0.05, 0.1) is 10.7 Å². The highest BCUT2D eigenvalue weighted by Crippen LogP contribution is 2.48. The first-order valence-corrected chi connectivity index (χ1v) is 14.1. The zero-order valence-corrected chi connectivity index (χ0v) is 19.2. The predicted octanol–water partition coefficient (Wildman–Crippen LogP) is 2.49. The number of rotatable bonds is 5. The van der Waals surface area contributed by atoms with Gasteiger partial charge in [-0.2, -0.15) is 16.8 Å². The fourth-order valence-corrected chi connectivity index (χ4v) is 8.42. The molecule has 0 saturated heterocycles. The third-order valence-electron chi connectivity index (χ3n) is 4.17. The lowest BCUT2D eigenvalue weighted by molar-refractivity contribution is -0.821. The summed E-state index contributed by atoms with van der Waals surface area (Å²) in [6.07, 6.45) is 1.75. The molecule has 8 nitrogen and oxygen atoms in total. The maximum Gasteiger partial charge on any atom is 0.316 e. The maximum atomic E-state index is 11.6. The summed E-state index contributed by atoms with van der Waals surface area (Å²) >= 11 is 10.2. The predicted molar refractivity (Wildman–Crippen MR) is 115 cm³/mol. The van der Waals surface area contributed by atoms with Crippen molar-refractivity contribution < 1.29 is 30.8 Å². The van der Waals surface area contributed by atoms with Crippen LogP contribution in [-0.2, 0) is 20.2 Å². The van der Waals surface area contributed by atoms with Gasteiger partial charge in [0, 0.05) is 22.1 Å². The van der Waals surface area contributed by atoms with Gasteiger partial charge in [-0.25, -0.2) is 0 Å². The van der Waals surface area contributed by atoms with E-state index in [1.54, 1.807) is 30.3 Å². The quantitative estimate of drug-likeness (QED) is 0.518. The molecule has 1 aromatic carbocycles. The summed E-state index contributed by atoms with van der Waals surface area (Å²) in [6.45, 7) is 0. The molecule has 0 bridgehead atoms. The molecule has 3 N–H and O–H groups in total. The lowest BCUT2D eigenvalue weighted by Crippen LogP contribution is -3.09. The van der Waals surface area contributed by atoms with Crippen LogP contribution in [0, 0.1) is 0 Å². The van der Waals surface area contributed by atoms with Crippen molar-refractivity contribution in [2.24, 2.45) is 0 Å². The average Bonchev–Trinajstić information content (AvgIpc) is 3.23. The van der Waals surface area contributed by atoms with Crippen LogP contribution in [0.5, 0.6) is 0 Å². The van der Waals surface area contributed by atoms with Crippen LogP contribution in [0.15, 0.2) is 49.9 Å². The van der Waals surface area contributed by atoms with Crippen LogP contribution in [0.4, 0.5) is 11.4 Å². The van der Waals surface area contributed by atoms with Gasteiger partial charge >= 0.3 is 10.1 Å². The van der Waals surface area contributed by atoms with E-state index in [4.69, 9.17) is 11.6 Å². The molecule has 2 unspecified atom stereocenters. The lowest BCUT2D eigenvalue weighted by Gasteiger charge is -2.21. The number of hydrogen-bond acceptors (Lipinski definition) is 8. The maximum absolute atomic E-state index is 11.6. The summed E-state index contributed by atoms with van der Waals surface area (Å²) in [5.41, 5.74) is 1.31. The van der Waals surface area contributed by atoms with E-state index >= 15 is 0 Å². The first-order chi connectivity index (χ1) is 13.5. The normalized spacial score (nSPS) is 22.9. The van der Waals surface area contributed by atoms with Gasteiger partial charge in [0.15, 0.2) is 16.9 Å². The van der Waals surface area contributed by atoms with Crippen molar-refractivity contribution in [3.05, 3.63) is 45.8 Å². The van der Waals surface area contributed by atoms with Crippen LogP contribution < -0.4 is 9.80 Å². The van der Waals surface area contributed by atoms with E-state index in [1.165, 1.54) is 39.8 Å². The highest BCUT2D eigenvalue weighted by atomic mass is 35.5. The first kappa shape index (κ1) is 21.5. The van der Waals surface area contributed by atoms with Crippen LogP contribution in [0.2, 0.25) is 5.02 Å². The second kappa shape index (κ2) is 7.73. The number of halogens is 1. The molecule has 0 saturated carbocycles. The summed E-state index contributed by atoms with van der Waals surface area (Å²) in [5.74, 6) is -1.17. The molecule has 4 rings (SSSR count). The van der Waals surface area contributed by atoms with Gasteiger partial charge in [-0.3, -0.25) is 14.0 Å². The van der Waals surface area contributed by atoms with E-state index in [-0.39, 0.29) is 0 Å². The number of thiophene rings is 1. The number of thioether (sulfide) groups is 2. The van der Waals surface area contributed by atoms with Crippen molar-refractivity contribution in [3.63, 3.8) is 0 Å². The standard InChI is InChI=1S/C15H13ClN2O6S5/c16-9-1-2-12-11(5-9)18(8-29(22,23)24)13(26-12)6-14-17(7-28(19,20)21)10-3-4-25-15(10)27-14/h1-6,14H,7-8H2,(H,19,20,21)(H,22,23,24)/p+1. The molecule has 2 aliphatic heterocycles. The van der Waals surface area contributed by atoms with Gasteiger partial charge in [-0.15, -0.1) is 11.3 Å². The minimum atomic E-state index is -4.33. The van der Waals surface area contributed by atoms with Gasteiger partial charge in [0.2, 0.25) is 5.88 Å². The first-order valence-electron chi connectivity index (χ1n) is 7.97. The van der Waals surface area contributed by atoms with Crippen LogP contribution in [0.1, 0.15) is 0 Å². The third-order valence-corrected chi connectivity index (χ3v) is 9.19. The number of quaternary nitrogens is 1. The molecule has 1 aromatic heterocycles. The lowest BCUT2D eigenvalue weighted by atomic mass is 10.3. The Morgan fingerprint density at radius 1 is 1.17 bits per heavy atom. The Kier molecular flexibility index (Phi) is 5.72. The van der Waals surface area contributed by atoms with Gasteiger partial charge in [0.25, 0.3) is 10.1 Å². The molecule has 0 fully saturated rings. The summed E-state index contributed by atoms with van der Waals surface area (Å²) in [7, 11) is -8.58. The summed E-state index contributed by atoms with van der Waals surface area (Å²) in [4.78, 5) is 2.72. The Hall–Kier alpha value is -0.770. The highest BCUT2D eigenvalue weighted by Gasteiger charge is 2.40. The van der Waals surface area contributed by atoms with E-state index in [0.717, 1.165) is 14.8 Å². The molecule has 29 heavy (non-hydrogen) atoms. The molecule has 3 heterocycles. The third kappa shape index (κ3) is 4.78. The number of fused-ring (bicyclic) bond motifs is 2. The molecule has 2 atom stereocenters. The van der Waals surface area contributed by atoms with E-state index in [2.05, 4.69) is 0 Å². The molecular weight excluding hydrogens is 500 g/mol.